The Labute approximate surface area is 149 Å². The summed E-state index contributed by atoms with van der Waals surface area (Å²) in [6.07, 6.45) is 1.80. The van der Waals surface area contributed by atoms with E-state index in [4.69, 9.17) is 5.73 Å². The van der Waals surface area contributed by atoms with Crippen LogP contribution in [0.4, 0.5) is 0 Å². The van der Waals surface area contributed by atoms with Gasteiger partial charge in [0.15, 0.2) is 5.78 Å². The minimum Gasteiger partial charge on any atom is -0.394 e. The van der Waals surface area contributed by atoms with Crippen molar-refractivity contribution in [3.05, 3.63) is 0 Å². The standard InChI is InChI=1S/C17H32N4O4/c1-10(2)4-12-5-13(8-19-7-12)16(24)21-15(9-22)17(25)20-14(6-18)11(3)23/h10,12-15,19,22H,4-9,18H2,1-3H3,(H,20,25)(H,21,24)/t12-,13-,14-,15-/m0/s1. The third-order valence-electron chi connectivity index (χ3n) is 4.48. The van der Waals surface area contributed by atoms with Gasteiger partial charge in [-0.05, 0) is 38.1 Å². The lowest BCUT2D eigenvalue weighted by Gasteiger charge is -2.31. The van der Waals surface area contributed by atoms with E-state index in [-0.39, 0.29) is 24.2 Å². The lowest BCUT2D eigenvalue weighted by Crippen LogP contribution is -2.56. The van der Waals surface area contributed by atoms with Gasteiger partial charge >= 0.3 is 0 Å². The van der Waals surface area contributed by atoms with Crippen molar-refractivity contribution in [1.29, 1.82) is 0 Å². The minimum absolute atomic E-state index is 0.0312. The highest BCUT2D eigenvalue weighted by Crippen LogP contribution is 2.23. The molecule has 0 aliphatic carbocycles. The van der Waals surface area contributed by atoms with Crippen LogP contribution in [0.1, 0.15) is 33.6 Å². The number of nitrogens with one attached hydrogen (secondary N) is 3. The molecule has 1 rings (SSSR count). The average molecular weight is 356 g/mol. The molecule has 1 saturated heterocycles. The fourth-order valence-corrected chi connectivity index (χ4v) is 3.16. The third kappa shape index (κ3) is 7.09. The molecular formula is C17H32N4O4. The number of piperidine rings is 1. The number of carbonyl (C=O) groups excluding carboxylic acids is 3. The highest BCUT2D eigenvalue weighted by atomic mass is 16.3. The molecule has 0 saturated carbocycles. The van der Waals surface area contributed by atoms with Gasteiger partial charge in [-0.25, -0.2) is 0 Å². The van der Waals surface area contributed by atoms with Gasteiger partial charge in [0.2, 0.25) is 11.8 Å². The number of Topliss-reactive ketones (excluding diaryl/α,β-unsaturated/α-hetero) is 1. The van der Waals surface area contributed by atoms with E-state index in [1.807, 2.05) is 0 Å². The number of hydrogen-bond donors (Lipinski definition) is 5. The van der Waals surface area contributed by atoms with Crippen LogP contribution in [0, 0.1) is 17.8 Å². The van der Waals surface area contributed by atoms with E-state index in [1.165, 1.54) is 6.92 Å². The maximum atomic E-state index is 12.5. The summed E-state index contributed by atoms with van der Waals surface area (Å²) >= 11 is 0. The lowest BCUT2D eigenvalue weighted by atomic mass is 9.84. The summed E-state index contributed by atoms with van der Waals surface area (Å²) in [6.45, 7) is 6.50. The molecule has 0 bridgehead atoms. The lowest BCUT2D eigenvalue weighted by molar-refractivity contribution is -0.133. The van der Waals surface area contributed by atoms with Gasteiger partial charge in [0, 0.05) is 13.1 Å². The number of ketones is 1. The summed E-state index contributed by atoms with van der Waals surface area (Å²) in [7, 11) is 0. The van der Waals surface area contributed by atoms with E-state index in [9.17, 15) is 19.5 Å². The molecule has 8 nitrogen and oxygen atoms in total. The Balaban J connectivity index is 2.59. The number of nitrogens with two attached hydrogens (primary N) is 1. The van der Waals surface area contributed by atoms with Crippen molar-refractivity contribution in [3.63, 3.8) is 0 Å². The number of carbonyl (C=O) groups is 3. The van der Waals surface area contributed by atoms with Crippen LogP contribution in [0.2, 0.25) is 0 Å². The van der Waals surface area contributed by atoms with E-state index in [2.05, 4.69) is 29.8 Å². The zero-order chi connectivity index (χ0) is 19.0. The number of amides is 2. The summed E-state index contributed by atoms with van der Waals surface area (Å²) in [5, 5.41) is 17.7. The number of hydrogen-bond acceptors (Lipinski definition) is 6. The van der Waals surface area contributed by atoms with E-state index in [1.54, 1.807) is 0 Å². The molecule has 1 aliphatic rings. The van der Waals surface area contributed by atoms with Gasteiger partial charge in [-0.3, -0.25) is 14.4 Å². The quantitative estimate of drug-likeness (QED) is 0.351. The summed E-state index contributed by atoms with van der Waals surface area (Å²) in [5.74, 6) is -0.398. The summed E-state index contributed by atoms with van der Waals surface area (Å²) in [4.78, 5) is 36.0. The molecule has 0 aromatic carbocycles. The van der Waals surface area contributed by atoms with Crippen molar-refractivity contribution in [2.45, 2.75) is 45.7 Å². The second kappa shape index (κ2) is 10.5. The largest absolute Gasteiger partial charge is 0.394 e. The molecule has 25 heavy (non-hydrogen) atoms. The van der Waals surface area contributed by atoms with E-state index in [0.717, 1.165) is 19.4 Å². The second-order valence-electron chi connectivity index (χ2n) is 7.24. The van der Waals surface area contributed by atoms with E-state index in [0.29, 0.717) is 18.4 Å². The molecule has 0 aromatic rings. The molecular weight excluding hydrogens is 324 g/mol. The molecule has 6 N–H and O–H groups in total. The molecule has 0 unspecified atom stereocenters. The van der Waals surface area contributed by atoms with Gasteiger partial charge in [0.25, 0.3) is 0 Å². The number of rotatable bonds is 9. The molecule has 1 heterocycles. The van der Waals surface area contributed by atoms with Crippen molar-refractivity contribution in [1.82, 2.24) is 16.0 Å². The van der Waals surface area contributed by atoms with Crippen LogP contribution in [-0.2, 0) is 14.4 Å². The molecule has 0 spiro atoms. The Morgan fingerprint density at radius 3 is 2.40 bits per heavy atom. The Hall–Kier alpha value is -1.51. The van der Waals surface area contributed by atoms with Crippen LogP contribution in [0.25, 0.3) is 0 Å². The fourth-order valence-electron chi connectivity index (χ4n) is 3.16. The van der Waals surface area contributed by atoms with Crippen molar-refractivity contribution in [2.75, 3.05) is 26.2 Å². The minimum atomic E-state index is -1.09. The van der Waals surface area contributed by atoms with E-state index < -0.39 is 24.6 Å². The Kier molecular flexibility index (Phi) is 9.02. The first-order valence-corrected chi connectivity index (χ1v) is 8.91. The van der Waals surface area contributed by atoms with Crippen LogP contribution < -0.4 is 21.7 Å². The molecule has 1 fully saturated rings. The normalized spacial score (nSPS) is 23.0. The first-order valence-electron chi connectivity index (χ1n) is 8.91. The zero-order valence-electron chi connectivity index (χ0n) is 15.4. The van der Waals surface area contributed by atoms with Gasteiger partial charge in [-0.2, -0.15) is 0 Å². The van der Waals surface area contributed by atoms with E-state index >= 15 is 0 Å². The first-order chi connectivity index (χ1) is 11.8. The van der Waals surface area contributed by atoms with Crippen LogP contribution in [0.3, 0.4) is 0 Å². The second-order valence-corrected chi connectivity index (χ2v) is 7.24. The van der Waals surface area contributed by atoms with Crippen molar-refractivity contribution in [3.8, 4) is 0 Å². The Morgan fingerprint density at radius 2 is 1.88 bits per heavy atom. The highest BCUT2D eigenvalue weighted by molar-refractivity contribution is 5.92. The Morgan fingerprint density at radius 1 is 1.20 bits per heavy atom. The molecule has 8 heteroatoms. The average Bonchev–Trinajstić information content (AvgIpc) is 2.56. The maximum absolute atomic E-state index is 12.5. The van der Waals surface area contributed by atoms with Crippen molar-refractivity contribution >= 4 is 17.6 Å². The summed E-state index contributed by atoms with van der Waals surface area (Å²) < 4.78 is 0. The van der Waals surface area contributed by atoms with Crippen LogP contribution in [-0.4, -0.2) is 61.0 Å². The predicted octanol–water partition coefficient (Wildman–Crippen LogP) is -1.23. The summed E-state index contributed by atoms with van der Waals surface area (Å²) in [6, 6.07) is -1.91. The van der Waals surface area contributed by atoms with Gasteiger partial charge in [-0.15, -0.1) is 0 Å². The van der Waals surface area contributed by atoms with Gasteiger partial charge in [0.05, 0.1) is 18.6 Å². The zero-order valence-corrected chi connectivity index (χ0v) is 15.4. The molecule has 1 aliphatic heterocycles. The topological polar surface area (TPSA) is 134 Å². The molecule has 4 atom stereocenters. The smallest absolute Gasteiger partial charge is 0.245 e. The van der Waals surface area contributed by atoms with Crippen LogP contribution in [0.5, 0.6) is 0 Å². The number of aliphatic hydroxyl groups excluding tert-OH is 1. The third-order valence-corrected chi connectivity index (χ3v) is 4.48. The highest BCUT2D eigenvalue weighted by Gasteiger charge is 2.30. The van der Waals surface area contributed by atoms with Gasteiger partial charge < -0.3 is 26.8 Å². The summed E-state index contributed by atoms with van der Waals surface area (Å²) in [5.41, 5.74) is 5.44. The fraction of sp³-hybridized carbons (Fsp3) is 0.824. The SMILES string of the molecule is CC(=O)[C@H](CN)NC(=O)[C@H](CO)NC(=O)[C@@H]1CNC[C@@H](CC(C)C)C1. The Bertz CT molecular complexity index is 470. The van der Waals surface area contributed by atoms with Crippen molar-refractivity contribution in [2.24, 2.45) is 23.5 Å². The monoisotopic (exact) mass is 356 g/mol. The molecule has 0 radical (unpaired) electrons. The first kappa shape index (κ1) is 21.5. The van der Waals surface area contributed by atoms with Gasteiger partial charge in [0.1, 0.15) is 6.04 Å². The van der Waals surface area contributed by atoms with Gasteiger partial charge in [-0.1, -0.05) is 13.8 Å². The maximum Gasteiger partial charge on any atom is 0.245 e. The molecule has 144 valence electrons. The molecule has 2 amide bonds. The van der Waals surface area contributed by atoms with Crippen LogP contribution >= 0.6 is 0 Å². The number of aliphatic hydroxyl groups is 1. The predicted molar refractivity (Wildman–Crippen MR) is 94.6 cm³/mol. The van der Waals surface area contributed by atoms with Crippen molar-refractivity contribution < 1.29 is 19.5 Å². The molecule has 0 aromatic heterocycles. The van der Waals surface area contributed by atoms with Crippen LogP contribution in [0.15, 0.2) is 0 Å².